The Balaban J connectivity index is 1.84. The molecular weight excluding hydrogens is 266 g/mol. The number of hydrogen-bond acceptors (Lipinski definition) is 4. The molecule has 1 fully saturated rings. The van der Waals surface area contributed by atoms with Crippen molar-refractivity contribution in [3.05, 3.63) is 29.8 Å². The first-order valence-corrected chi connectivity index (χ1v) is 7.90. The number of para-hydroxylation sites is 1. The zero-order chi connectivity index (χ0) is 15.1. The Morgan fingerprint density at radius 3 is 2.71 bits per heavy atom. The number of rotatable bonds is 7. The van der Waals surface area contributed by atoms with Crippen LogP contribution in [0.1, 0.15) is 31.7 Å². The second kappa shape index (κ2) is 8.37. The molecule has 4 nitrogen and oxygen atoms in total. The van der Waals surface area contributed by atoms with Crippen molar-refractivity contribution >= 4 is 0 Å². The maximum Gasteiger partial charge on any atom is 0.122 e. The third kappa shape index (κ3) is 4.99. The predicted molar refractivity (Wildman–Crippen MR) is 83.9 cm³/mol. The summed E-state index contributed by atoms with van der Waals surface area (Å²) in [6.45, 7) is 8.65. The molecule has 1 aliphatic rings. The van der Waals surface area contributed by atoms with E-state index in [1.807, 2.05) is 18.2 Å². The minimum absolute atomic E-state index is 0.338. The molecule has 1 aliphatic heterocycles. The summed E-state index contributed by atoms with van der Waals surface area (Å²) in [7, 11) is 0. The number of aliphatic hydroxyl groups is 1. The smallest absolute Gasteiger partial charge is 0.122 e. The van der Waals surface area contributed by atoms with Gasteiger partial charge in [0.15, 0.2) is 0 Å². The zero-order valence-electron chi connectivity index (χ0n) is 13.1. The second-order valence-corrected chi connectivity index (χ2v) is 5.72. The van der Waals surface area contributed by atoms with Crippen LogP contribution in [0.2, 0.25) is 0 Å². The molecule has 0 radical (unpaired) electrons. The van der Waals surface area contributed by atoms with E-state index in [0.717, 1.165) is 38.5 Å². The van der Waals surface area contributed by atoms with Gasteiger partial charge in [0.2, 0.25) is 0 Å². The lowest BCUT2D eigenvalue weighted by molar-refractivity contribution is 0.00455. The number of hydrogen-bond donors (Lipinski definition) is 1. The molecule has 1 heterocycles. The Labute approximate surface area is 127 Å². The van der Waals surface area contributed by atoms with E-state index in [4.69, 9.17) is 9.47 Å². The number of aliphatic hydroxyl groups excluding tert-OH is 1. The molecule has 1 aromatic carbocycles. The van der Waals surface area contributed by atoms with E-state index < -0.39 is 6.10 Å². The first-order valence-electron chi connectivity index (χ1n) is 7.90. The number of morpholine rings is 1. The molecule has 0 bridgehead atoms. The van der Waals surface area contributed by atoms with Crippen LogP contribution in [-0.4, -0.2) is 55.6 Å². The van der Waals surface area contributed by atoms with Gasteiger partial charge < -0.3 is 14.6 Å². The van der Waals surface area contributed by atoms with E-state index in [2.05, 4.69) is 24.8 Å². The van der Waals surface area contributed by atoms with Crippen molar-refractivity contribution in [3.8, 4) is 5.75 Å². The Morgan fingerprint density at radius 1 is 1.29 bits per heavy atom. The molecule has 1 aromatic rings. The first-order chi connectivity index (χ1) is 10.2. The molecule has 4 heteroatoms. The van der Waals surface area contributed by atoms with Gasteiger partial charge in [-0.15, -0.1) is 0 Å². The highest BCUT2D eigenvalue weighted by molar-refractivity contribution is 5.35. The molecule has 2 rings (SSSR count). The van der Waals surface area contributed by atoms with Crippen molar-refractivity contribution in [2.75, 3.05) is 39.5 Å². The normalized spacial score (nSPS) is 19.2. The lowest BCUT2D eigenvalue weighted by Gasteiger charge is -2.28. The molecule has 0 spiro atoms. The van der Waals surface area contributed by atoms with Gasteiger partial charge in [0, 0.05) is 19.6 Å². The number of benzene rings is 1. The summed E-state index contributed by atoms with van der Waals surface area (Å²) in [6, 6.07) is 8.12. The maximum atomic E-state index is 10.1. The van der Waals surface area contributed by atoms with Crippen LogP contribution in [0.4, 0.5) is 0 Å². The Hall–Kier alpha value is -1.10. The van der Waals surface area contributed by atoms with Gasteiger partial charge in [0.1, 0.15) is 18.5 Å². The van der Waals surface area contributed by atoms with Crippen molar-refractivity contribution in [3.63, 3.8) is 0 Å². The van der Waals surface area contributed by atoms with Crippen molar-refractivity contribution in [2.45, 2.75) is 32.3 Å². The first kappa shape index (κ1) is 16.3. The fourth-order valence-corrected chi connectivity index (χ4v) is 2.56. The lowest BCUT2D eigenvalue weighted by Crippen LogP contribution is -2.42. The summed E-state index contributed by atoms with van der Waals surface area (Å²) >= 11 is 0. The van der Waals surface area contributed by atoms with Gasteiger partial charge >= 0.3 is 0 Å². The molecule has 2 unspecified atom stereocenters. The minimum atomic E-state index is -0.465. The van der Waals surface area contributed by atoms with Crippen LogP contribution in [0.25, 0.3) is 0 Å². The Morgan fingerprint density at radius 2 is 2.00 bits per heavy atom. The van der Waals surface area contributed by atoms with Gasteiger partial charge in [0.25, 0.3) is 0 Å². The molecular formula is C17H27NO3. The molecule has 21 heavy (non-hydrogen) atoms. The summed E-state index contributed by atoms with van der Waals surface area (Å²) in [5, 5.41) is 10.1. The van der Waals surface area contributed by atoms with Crippen molar-refractivity contribution in [1.82, 2.24) is 4.90 Å². The van der Waals surface area contributed by atoms with Crippen molar-refractivity contribution < 1.29 is 14.6 Å². The van der Waals surface area contributed by atoms with Crippen LogP contribution in [0.3, 0.4) is 0 Å². The summed E-state index contributed by atoms with van der Waals surface area (Å²) in [5.74, 6) is 1.37. The van der Waals surface area contributed by atoms with Crippen molar-refractivity contribution in [1.29, 1.82) is 0 Å². The molecule has 0 aromatic heterocycles. The van der Waals surface area contributed by atoms with Crippen LogP contribution < -0.4 is 4.74 Å². The van der Waals surface area contributed by atoms with Gasteiger partial charge in [-0.1, -0.05) is 32.0 Å². The van der Waals surface area contributed by atoms with Crippen LogP contribution in [-0.2, 0) is 4.74 Å². The van der Waals surface area contributed by atoms with Crippen LogP contribution >= 0.6 is 0 Å². The molecule has 0 amide bonds. The van der Waals surface area contributed by atoms with E-state index in [1.165, 1.54) is 5.56 Å². The highest BCUT2D eigenvalue weighted by Gasteiger charge is 2.16. The number of β-amino-alcohol motifs (C(OH)–C–C–N with tert-alkyl or cyclic N) is 1. The standard InChI is InChI=1S/C17H27NO3/c1-3-14(2)16-6-4-5-7-17(16)21-13-15(19)12-18-8-10-20-11-9-18/h4-7,14-15,19H,3,8-13H2,1-2H3. The minimum Gasteiger partial charge on any atom is -0.491 e. The van der Waals surface area contributed by atoms with Crippen LogP contribution in [0.5, 0.6) is 5.75 Å². The Kier molecular flexibility index (Phi) is 6.49. The van der Waals surface area contributed by atoms with Gasteiger partial charge in [-0.25, -0.2) is 0 Å². The highest BCUT2D eigenvalue weighted by Crippen LogP contribution is 2.28. The molecule has 0 saturated carbocycles. The lowest BCUT2D eigenvalue weighted by atomic mass is 9.98. The van der Waals surface area contributed by atoms with Gasteiger partial charge in [-0.3, -0.25) is 4.90 Å². The summed E-state index contributed by atoms with van der Waals surface area (Å²) in [6.07, 6.45) is 0.615. The average Bonchev–Trinajstić information content (AvgIpc) is 2.53. The molecule has 2 atom stereocenters. The molecule has 118 valence electrons. The fraction of sp³-hybridized carbons (Fsp3) is 0.647. The average molecular weight is 293 g/mol. The van der Waals surface area contributed by atoms with Crippen LogP contribution in [0.15, 0.2) is 24.3 Å². The quantitative estimate of drug-likeness (QED) is 0.837. The van der Waals surface area contributed by atoms with E-state index >= 15 is 0 Å². The van der Waals surface area contributed by atoms with Gasteiger partial charge in [0.05, 0.1) is 13.2 Å². The summed E-state index contributed by atoms with van der Waals surface area (Å²) in [4.78, 5) is 2.22. The summed E-state index contributed by atoms with van der Waals surface area (Å²) < 4.78 is 11.2. The fourth-order valence-electron chi connectivity index (χ4n) is 2.56. The van der Waals surface area contributed by atoms with E-state index in [-0.39, 0.29) is 0 Å². The Bertz CT molecular complexity index is 418. The monoisotopic (exact) mass is 293 g/mol. The summed E-state index contributed by atoms with van der Waals surface area (Å²) in [5.41, 5.74) is 1.22. The zero-order valence-corrected chi connectivity index (χ0v) is 13.1. The predicted octanol–water partition coefficient (Wildman–Crippen LogP) is 2.27. The number of nitrogens with zero attached hydrogens (tertiary/aromatic N) is 1. The third-order valence-electron chi connectivity index (χ3n) is 4.07. The van der Waals surface area contributed by atoms with E-state index in [9.17, 15) is 5.11 Å². The maximum absolute atomic E-state index is 10.1. The highest BCUT2D eigenvalue weighted by atomic mass is 16.5. The van der Waals surface area contributed by atoms with Gasteiger partial charge in [-0.05, 0) is 24.0 Å². The van der Waals surface area contributed by atoms with Crippen LogP contribution in [0, 0.1) is 0 Å². The third-order valence-corrected chi connectivity index (χ3v) is 4.07. The number of ether oxygens (including phenoxy) is 2. The molecule has 0 aliphatic carbocycles. The largest absolute Gasteiger partial charge is 0.491 e. The molecule has 1 N–H and O–H groups in total. The van der Waals surface area contributed by atoms with E-state index in [1.54, 1.807) is 0 Å². The molecule has 1 saturated heterocycles. The SMILES string of the molecule is CCC(C)c1ccccc1OCC(O)CN1CCOCC1. The topological polar surface area (TPSA) is 41.9 Å². The second-order valence-electron chi connectivity index (χ2n) is 5.72. The van der Waals surface area contributed by atoms with Gasteiger partial charge in [-0.2, -0.15) is 0 Å². The van der Waals surface area contributed by atoms with Crippen molar-refractivity contribution in [2.24, 2.45) is 0 Å². The van der Waals surface area contributed by atoms with E-state index in [0.29, 0.717) is 19.1 Å².